The molecule has 0 aromatic carbocycles. The highest BCUT2D eigenvalue weighted by Crippen LogP contribution is 2.35. The van der Waals surface area contributed by atoms with E-state index in [1.54, 1.807) is 27.7 Å². The summed E-state index contributed by atoms with van der Waals surface area (Å²) < 4.78 is 37.6. The van der Waals surface area contributed by atoms with Crippen molar-refractivity contribution in [1.29, 1.82) is 0 Å². The molecule has 0 unspecified atom stereocenters. The van der Waals surface area contributed by atoms with Gasteiger partial charge in [0.05, 0.1) is 28.4 Å². The third kappa shape index (κ3) is 5.67. The van der Waals surface area contributed by atoms with Gasteiger partial charge in [0.2, 0.25) is 5.91 Å². The van der Waals surface area contributed by atoms with Gasteiger partial charge in [0.1, 0.15) is 22.1 Å². The zero-order valence-corrected chi connectivity index (χ0v) is 19.9. The molecule has 0 atom stereocenters. The van der Waals surface area contributed by atoms with Crippen molar-refractivity contribution in [3.63, 3.8) is 0 Å². The van der Waals surface area contributed by atoms with E-state index in [2.05, 4.69) is 26.3 Å². The Kier molecular flexibility index (Phi) is 8.29. The smallest absolute Gasteiger partial charge is 0.348 e. The second-order valence-electron chi connectivity index (χ2n) is 6.73. The number of carbonyl (C=O) groups is 3. The first-order valence-electron chi connectivity index (χ1n) is 9.30. The van der Waals surface area contributed by atoms with Gasteiger partial charge in [-0.05, 0) is 56.1 Å². The van der Waals surface area contributed by atoms with Gasteiger partial charge in [-0.3, -0.25) is 9.48 Å². The number of alkyl halides is 2. The number of ether oxygens (including phenoxy) is 2. The minimum Gasteiger partial charge on any atom is -0.462 e. The van der Waals surface area contributed by atoms with E-state index in [1.807, 2.05) is 0 Å². The number of esters is 2. The lowest BCUT2D eigenvalue weighted by Crippen LogP contribution is -2.21. The first-order chi connectivity index (χ1) is 14.5. The molecule has 0 radical (unpaired) electrons. The molecule has 31 heavy (non-hydrogen) atoms. The normalized spacial score (nSPS) is 11.2. The number of hydrogen-bond donors (Lipinski definition) is 1. The van der Waals surface area contributed by atoms with E-state index >= 15 is 0 Å². The van der Waals surface area contributed by atoms with Gasteiger partial charge in [-0.25, -0.2) is 18.4 Å². The molecule has 2 rings (SSSR count). The minimum absolute atomic E-state index is 0.0433. The minimum atomic E-state index is -2.80. The fourth-order valence-corrected chi connectivity index (χ4v) is 4.22. The number of nitrogens with one attached hydrogen (secondary N) is 1. The highest BCUT2D eigenvalue weighted by Gasteiger charge is 2.28. The van der Waals surface area contributed by atoms with Crippen LogP contribution in [-0.2, 0) is 20.8 Å². The number of halogens is 3. The van der Waals surface area contributed by atoms with E-state index in [4.69, 9.17) is 9.47 Å². The number of hydrogen-bond acceptors (Lipinski definition) is 7. The fourth-order valence-electron chi connectivity index (χ4n) is 2.65. The Labute approximate surface area is 190 Å². The Bertz CT molecular complexity index is 1000. The van der Waals surface area contributed by atoms with Gasteiger partial charge >= 0.3 is 11.9 Å². The molecule has 0 aliphatic rings. The number of carbonyl (C=O) groups excluding carboxylic acids is 3. The van der Waals surface area contributed by atoms with Crippen molar-refractivity contribution in [1.82, 2.24) is 9.78 Å². The van der Waals surface area contributed by atoms with Gasteiger partial charge in [0.25, 0.3) is 6.43 Å². The Morgan fingerprint density at radius 1 is 1.23 bits per heavy atom. The molecule has 12 heteroatoms. The van der Waals surface area contributed by atoms with Crippen molar-refractivity contribution in [2.45, 2.75) is 53.7 Å². The van der Waals surface area contributed by atoms with Crippen molar-refractivity contribution in [3.8, 4) is 0 Å². The number of amides is 1. The SMILES string of the molecule is CCOC(=O)c1sc(NC(=O)Cn2nc(C(F)F)c(Br)c2C)c(C(=O)OC(C)C)c1C. The molecule has 0 fully saturated rings. The molecule has 1 amide bonds. The van der Waals surface area contributed by atoms with Gasteiger partial charge in [0.15, 0.2) is 0 Å². The van der Waals surface area contributed by atoms with Crippen molar-refractivity contribution < 1.29 is 32.6 Å². The average Bonchev–Trinajstić information content (AvgIpc) is 3.12. The van der Waals surface area contributed by atoms with E-state index < -0.39 is 36.1 Å². The predicted octanol–water partition coefficient (Wildman–Crippen LogP) is 4.64. The molecule has 170 valence electrons. The zero-order chi connectivity index (χ0) is 23.5. The molecule has 0 saturated carbocycles. The van der Waals surface area contributed by atoms with Gasteiger partial charge in [-0.15, -0.1) is 11.3 Å². The highest BCUT2D eigenvalue weighted by molar-refractivity contribution is 9.10. The number of aromatic nitrogens is 2. The zero-order valence-electron chi connectivity index (χ0n) is 17.5. The van der Waals surface area contributed by atoms with Crippen LogP contribution in [-0.4, -0.2) is 40.3 Å². The maximum Gasteiger partial charge on any atom is 0.348 e. The molecule has 0 bridgehead atoms. The molecular formula is C19H22BrF2N3O5S. The van der Waals surface area contributed by atoms with Gasteiger partial charge in [0, 0.05) is 0 Å². The van der Waals surface area contributed by atoms with Crippen LogP contribution < -0.4 is 5.32 Å². The Morgan fingerprint density at radius 2 is 1.87 bits per heavy atom. The van der Waals surface area contributed by atoms with E-state index in [1.165, 1.54) is 6.92 Å². The molecule has 1 N–H and O–H groups in total. The van der Waals surface area contributed by atoms with Crippen LogP contribution in [0.1, 0.15) is 64.2 Å². The monoisotopic (exact) mass is 521 g/mol. The van der Waals surface area contributed by atoms with Crippen molar-refractivity contribution in [2.24, 2.45) is 0 Å². The highest BCUT2D eigenvalue weighted by atomic mass is 79.9. The maximum atomic E-state index is 13.0. The number of thiophene rings is 1. The lowest BCUT2D eigenvalue weighted by molar-refractivity contribution is -0.116. The first-order valence-corrected chi connectivity index (χ1v) is 10.9. The summed E-state index contributed by atoms with van der Waals surface area (Å²) in [6, 6.07) is 0. The summed E-state index contributed by atoms with van der Waals surface area (Å²) in [6.07, 6.45) is -3.22. The molecule has 2 aromatic heterocycles. The molecule has 2 aromatic rings. The van der Waals surface area contributed by atoms with Crippen LogP contribution >= 0.6 is 27.3 Å². The van der Waals surface area contributed by atoms with Gasteiger partial charge in [-0.2, -0.15) is 5.10 Å². The first kappa shape index (κ1) is 24.9. The Hall–Kier alpha value is -2.34. The Morgan fingerprint density at radius 3 is 2.39 bits per heavy atom. The number of anilines is 1. The van der Waals surface area contributed by atoms with E-state index in [-0.39, 0.29) is 33.1 Å². The van der Waals surface area contributed by atoms with E-state index in [0.29, 0.717) is 11.3 Å². The van der Waals surface area contributed by atoms with Gasteiger partial charge < -0.3 is 14.8 Å². The molecular weight excluding hydrogens is 500 g/mol. The second kappa shape index (κ2) is 10.3. The molecule has 0 spiro atoms. The third-order valence-corrected chi connectivity index (χ3v) is 6.23. The molecule has 0 aliphatic carbocycles. The van der Waals surface area contributed by atoms with Crippen molar-refractivity contribution in [2.75, 3.05) is 11.9 Å². The summed E-state index contributed by atoms with van der Waals surface area (Å²) in [7, 11) is 0. The largest absolute Gasteiger partial charge is 0.462 e. The number of nitrogens with zero attached hydrogens (tertiary/aromatic N) is 2. The third-order valence-electron chi connectivity index (χ3n) is 4.07. The summed E-state index contributed by atoms with van der Waals surface area (Å²) in [5.41, 5.74) is 0.242. The van der Waals surface area contributed by atoms with Crippen molar-refractivity contribution >= 4 is 50.1 Å². The lowest BCUT2D eigenvalue weighted by Gasteiger charge is -2.11. The average molecular weight is 522 g/mol. The fraction of sp³-hybridized carbons (Fsp3) is 0.474. The van der Waals surface area contributed by atoms with E-state index in [9.17, 15) is 23.2 Å². The van der Waals surface area contributed by atoms with Crippen LogP contribution in [0.3, 0.4) is 0 Å². The van der Waals surface area contributed by atoms with Crippen LogP contribution in [0.15, 0.2) is 4.47 Å². The lowest BCUT2D eigenvalue weighted by atomic mass is 10.1. The quantitative estimate of drug-likeness (QED) is 0.508. The van der Waals surface area contributed by atoms with Crippen LogP contribution in [0.2, 0.25) is 0 Å². The van der Waals surface area contributed by atoms with E-state index in [0.717, 1.165) is 16.0 Å². The topological polar surface area (TPSA) is 99.5 Å². The second-order valence-corrected chi connectivity index (χ2v) is 8.54. The van der Waals surface area contributed by atoms with Gasteiger partial charge in [-0.1, -0.05) is 0 Å². The van der Waals surface area contributed by atoms with Crippen molar-refractivity contribution in [3.05, 3.63) is 31.9 Å². The standard InChI is InChI=1S/C19H22BrF2N3O5S/c1-6-29-19(28)15-9(4)12(18(27)30-8(2)3)17(31-15)23-11(26)7-25-10(5)13(20)14(24-25)16(21)22/h8,16H,6-7H2,1-5H3,(H,23,26). The predicted molar refractivity (Wildman–Crippen MR) is 114 cm³/mol. The van der Waals surface area contributed by atoms with Crippen LogP contribution in [0.4, 0.5) is 13.8 Å². The summed E-state index contributed by atoms with van der Waals surface area (Å²) in [5, 5.41) is 6.43. The van der Waals surface area contributed by atoms with Crippen LogP contribution in [0.5, 0.6) is 0 Å². The van der Waals surface area contributed by atoms with Crippen LogP contribution in [0.25, 0.3) is 0 Å². The summed E-state index contributed by atoms with van der Waals surface area (Å²) in [5.74, 6) is -1.95. The summed E-state index contributed by atoms with van der Waals surface area (Å²) >= 11 is 3.93. The molecule has 0 saturated heterocycles. The Balaban J connectivity index is 2.35. The number of rotatable bonds is 8. The molecule has 8 nitrogen and oxygen atoms in total. The summed E-state index contributed by atoms with van der Waals surface area (Å²) in [4.78, 5) is 37.6. The summed E-state index contributed by atoms with van der Waals surface area (Å²) in [6.45, 7) is 7.85. The molecule has 2 heterocycles. The maximum absolute atomic E-state index is 13.0. The molecule has 0 aliphatic heterocycles. The van der Waals surface area contributed by atoms with Crippen LogP contribution in [0, 0.1) is 13.8 Å².